The smallest absolute Gasteiger partial charge is 0.329 e. The van der Waals surface area contributed by atoms with Gasteiger partial charge >= 0.3 is 5.97 Å². The number of fused-ring (bicyclic) bond motifs is 3. The molecule has 1 saturated heterocycles. The lowest BCUT2D eigenvalue weighted by Crippen LogP contribution is -2.67. The van der Waals surface area contributed by atoms with Crippen molar-refractivity contribution in [3.05, 3.63) is 118 Å². The Morgan fingerprint density at radius 3 is 2.12 bits per heavy atom. The molecule has 52 heavy (non-hydrogen) atoms. The summed E-state index contributed by atoms with van der Waals surface area (Å²) in [5, 5.41) is 2.80. The number of aromatic nitrogens is 1. The summed E-state index contributed by atoms with van der Waals surface area (Å²) in [5.41, 5.74) is 2.43. The van der Waals surface area contributed by atoms with E-state index in [1.165, 1.54) is 14.9 Å². The van der Waals surface area contributed by atoms with E-state index in [0.717, 1.165) is 41.5 Å². The molecule has 0 bridgehead atoms. The van der Waals surface area contributed by atoms with Gasteiger partial charge in [-0.3, -0.25) is 4.79 Å². The van der Waals surface area contributed by atoms with Crippen LogP contribution in [0.3, 0.4) is 0 Å². The Bertz CT molecular complexity index is 1850. The molecule has 2 aliphatic rings. The van der Waals surface area contributed by atoms with Gasteiger partial charge in [0.25, 0.3) is 13.9 Å². The molecular formula is C43H52ClNO6Si. The first kappa shape index (κ1) is 38.2. The highest BCUT2D eigenvalue weighted by Crippen LogP contribution is 2.38. The fraction of sp³-hybridized carbons (Fsp3) is 0.442. The van der Waals surface area contributed by atoms with Crippen LogP contribution in [0.2, 0.25) is 10.1 Å². The van der Waals surface area contributed by atoms with E-state index in [4.69, 9.17) is 30.2 Å². The molecule has 7 nitrogen and oxygen atoms in total. The van der Waals surface area contributed by atoms with E-state index in [1.807, 2.05) is 51.1 Å². The number of carbonyl (C=O) groups excluding carboxylic acids is 1. The molecular weight excluding hydrogens is 690 g/mol. The lowest BCUT2D eigenvalue weighted by atomic mass is 9.92. The van der Waals surface area contributed by atoms with Crippen LogP contribution >= 0.6 is 11.6 Å². The molecule has 0 spiro atoms. The Morgan fingerprint density at radius 2 is 1.52 bits per heavy atom. The number of benzene rings is 3. The van der Waals surface area contributed by atoms with Gasteiger partial charge in [-0.25, -0.2) is 4.79 Å². The summed E-state index contributed by atoms with van der Waals surface area (Å²) >= 11 is 6.60. The normalized spacial score (nSPS) is 18.8. The molecule has 3 atom stereocenters. The molecule has 2 aliphatic heterocycles. The number of carbonyl (C=O) groups is 1. The van der Waals surface area contributed by atoms with Crippen molar-refractivity contribution < 1.29 is 23.4 Å². The Hall–Kier alpha value is -3.53. The third-order valence-corrected chi connectivity index (χ3v) is 15.4. The SMILES string of the molecule is CC(C)(C)OC(=O)C(C[C@@H]1CCCCO1)n1cc2c(cc1=O)-c1cc(Cl)ccc1CC(CO[Si](c1ccccc1)(c1ccccc1)C(C)(C)C)OC2. The second kappa shape index (κ2) is 15.8. The number of rotatable bonds is 9. The second-order valence-corrected chi connectivity index (χ2v) is 20.9. The van der Waals surface area contributed by atoms with Gasteiger partial charge < -0.3 is 23.2 Å². The zero-order valence-corrected chi connectivity index (χ0v) is 33.1. The van der Waals surface area contributed by atoms with Gasteiger partial charge in [-0.15, -0.1) is 0 Å². The van der Waals surface area contributed by atoms with Gasteiger partial charge in [0.2, 0.25) is 0 Å². The molecule has 2 unspecified atom stereocenters. The zero-order chi connectivity index (χ0) is 37.1. The molecule has 0 saturated carbocycles. The first-order valence-electron chi connectivity index (χ1n) is 18.5. The van der Waals surface area contributed by atoms with Crippen molar-refractivity contribution in [2.75, 3.05) is 13.2 Å². The maximum absolute atomic E-state index is 14.0. The highest BCUT2D eigenvalue weighted by atomic mass is 35.5. The summed E-state index contributed by atoms with van der Waals surface area (Å²) in [6.45, 7) is 13.6. The van der Waals surface area contributed by atoms with Gasteiger partial charge in [-0.1, -0.05) is 99.1 Å². The second-order valence-electron chi connectivity index (χ2n) is 16.1. The Morgan fingerprint density at radius 1 is 0.865 bits per heavy atom. The average molecular weight is 742 g/mol. The van der Waals surface area contributed by atoms with Crippen molar-refractivity contribution in [2.45, 2.75) is 109 Å². The van der Waals surface area contributed by atoms with Crippen LogP contribution in [-0.2, 0) is 36.5 Å². The lowest BCUT2D eigenvalue weighted by Gasteiger charge is -2.43. The largest absolute Gasteiger partial charge is 0.458 e. The Labute approximate surface area is 314 Å². The van der Waals surface area contributed by atoms with Gasteiger partial charge in [0, 0.05) is 42.3 Å². The Kier molecular flexibility index (Phi) is 11.6. The number of esters is 1. The van der Waals surface area contributed by atoms with Crippen LogP contribution < -0.4 is 15.9 Å². The summed E-state index contributed by atoms with van der Waals surface area (Å²) < 4.78 is 27.5. The van der Waals surface area contributed by atoms with Crippen LogP contribution in [0, 0.1) is 0 Å². The molecule has 0 N–H and O–H groups in total. The minimum Gasteiger partial charge on any atom is -0.458 e. The topological polar surface area (TPSA) is 76.0 Å². The molecule has 276 valence electrons. The van der Waals surface area contributed by atoms with E-state index in [2.05, 4.69) is 69.3 Å². The van der Waals surface area contributed by atoms with E-state index < -0.39 is 25.9 Å². The zero-order valence-electron chi connectivity index (χ0n) is 31.3. The third kappa shape index (κ3) is 8.47. The fourth-order valence-corrected chi connectivity index (χ4v) is 12.5. The quantitative estimate of drug-likeness (QED) is 0.128. The summed E-state index contributed by atoms with van der Waals surface area (Å²) in [6, 6.07) is 27.8. The molecule has 9 heteroatoms. The van der Waals surface area contributed by atoms with Gasteiger partial charge in [-0.2, -0.15) is 0 Å². The minimum atomic E-state index is -2.83. The van der Waals surface area contributed by atoms with E-state index >= 15 is 0 Å². The standard InChI is InChI=1S/C43H52ClNO6Si/c1-42(2,3)51-41(47)39(25-33-15-13-14-22-48-33)45-27-31-28-49-34(23-30-20-21-32(44)24-37(30)38(31)26-40(45)46)29-50-52(43(4,5)6,35-16-9-7-10-17-35)36-18-11-8-12-19-36/h7-12,16-21,24,26-27,33-34,39H,13-15,22-23,25,28-29H2,1-6H3/t33-,34?,39?/m0/s1. The molecule has 0 aliphatic carbocycles. The third-order valence-electron chi connectivity index (χ3n) is 10.1. The molecule has 6 rings (SSSR count). The Balaban J connectivity index is 1.38. The fourth-order valence-electron chi connectivity index (χ4n) is 7.71. The van der Waals surface area contributed by atoms with Crippen molar-refractivity contribution in [3.63, 3.8) is 0 Å². The minimum absolute atomic E-state index is 0.140. The maximum atomic E-state index is 14.0. The van der Waals surface area contributed by atoms with E-state index in [-0.39, 0.29) is 29.4 Å². The van der Waals surface area contributed by atoms with Gasteiger partial charge in [0.1, 0.15) is 11.6 Å². The average Bonchev–Trinajstić information content (AvgIpc) is 3.10. The van der Waals surface area contributed by atoms with Gasteiger partial charge in [-0.05, 0) is 84.3 Å². The van der Waals surface area contributed by atoms with Crippen LogP contribution in [-0.4, -0.2) is 49.9 Å². The van der Waals surface area contributed by atoms with E-state index in [1.54, 1.807) is 12.3 Å². The van der Waals surface area contributed by atoms with Gasteiger partial charge in [0.15, 0.2) is 0 Å². The summed E-state index contributed by atoms with van der Waals surface area (Å²) in [7, 11) is -2.83. The number of hydrogen-bond donors (Lipinski definition) is 0. The maximum Gasteiger partial charge on any atom is 0.329 e. The van der Waals surface area contributed by atoms with Crippen LogP contribution in [0.25, 0.3) is 11.1 Å². The summed E-state index contributed by atoms with van der Waals surface area (Å²) in [6.07, 6.45) is 5.12. The molecule has 4 aromatic rings. The van der Waals surface area contributed by atoms with Crippen molar-refractivity contribution in [1.29, 1.82) is 0 Å². The predicted molar refractivity (Wildman–Crippen MR) is 210 cm³/mol. The predicted octanol–water partition coefficient (Wildman–Crippen LogP) is 8.03. The number of ether oxygens (including phenoxy) is 3. The first-order valence-corrected chi connectivity index (χ1v) is 20.8. The van der Waals surface area contributed by atoms with E-state index in [0.29, 0.717) is 31.1 Å². The number of pyridine rings is 1. The highest BCUT2D eigenvalue weighted by Gasteiger charge is 2.50. The highest BCUT2D eigenvalue weighted by molar-refractivity contribution is 6.99. The molecule has 0 radical (unpaired) electrons. The van der Waals surface area contributed by atoms with Crippen LogP contribution in [0.5, 0.6) is 0 Å². The van der Waals surface area contributed by atoms with Crippen molar-refractivity contribution in [2.24, 2.45) is 0 Å². The van der Waals surface area contributed by atoms with Gasteiger partial charge in [0.05, 0.1) is 25.4 Å². The molecule has 3 heterocycles. The monoisotopic (exact) mass is 741 g/mol. The first-order chi connectivity index (χ1) is 24.7. The summed E-state index contributed by atoms with van der Waals surface area (Å²) in [4.78, 5) is 27.8. The van der Waals surface area contributed by atoms with Crippen LogP contribution in [0.1, 0.15) is 84.4 Å². The molecule has 3 aromatic carbocycles. The number of hydrogen-bond acceptors (Lipinski definition) is 6. The van der Waals surface area contributed by atoms with Crippen molar-refractivity contribution >= 4 is 36.3 Å². The molecule has 1 aromatic heterocycles. The van der Waals surface area contributed by atoms with E-state index in [9.17, 15) is 9.59 Å². The number of nitrogens with zero attached hydrogens (tertiary/aromatic N) is 1. The summed E-state index contributed by atoms with van der Waals surface area (Å²) in [5.74, 6) is -0.449. The molecule has 1 fully saturated rings. The molecule has 0 amide bonds. The van der Waals surface area contributed by atoms with Crippen molar-refractivity contribution in [1.82, 2.24) is 4.57 Å². The van der Waals surface area contributed by atoms with Crippen molar-refractivity contribution in [3.8, 4) is 11.1 Å². The lowest BCUT2D eigenvalue weighted by molar-refractivity contribution is -0.160. The van der Waals surface area contributed by atoms with Crippen LogP contribution in [0.4, 0.5) is 0 Å². The number of halogens is 1. The van der Waals surface area contributed by atoms with Crippen LogP contribution in [0.15, 0.2) is 95.9 Å².